The lowest BCUT2D eigenvalue weighted by Gasteiger charge is -2.30. The Kier molecular flexibility index (Phi) is 5.38. The molecule has 0 unspecified atom stereocenters. The number of rotatable bonds is 5. The number of piperidine rings is 1. The summed E-state index contributed by atoms with van der Waals surface area (Å²) in [5, 5.41) is 0.996. The molecule has 2 aromatic heterocycles. The molecular weight excluding hydrogens is 428 g/mol. The Bertz CT molecular complexity index is 1240. The number of aromatic nitrogens is 2. The summed E-state index contributed by atoms with van der Waals surface area (Å²) < 4.78 is 32.8. The summed E-state index contributed by atoms with van der Waals surface area (Å²) in [5.74, 6) is 1.53. The standard InChI is InChI=1S/C23H26N4O4S/c1-32(29,30)26-12-8-19(9-13-26)31-20-4-6-22(24-16-20)27-14-7-17-15-18(3-5-21(17)27)23(28)25-10-2-11-25/h3-7,14-16,19H,2,8-13H2,1H3. The molecule has 2 aliphatic rings. The molecule has 2 fully saturated rings. The summed E-state index contributed by atoms with van der Waals surface area (Å²) >= 11 is 0. The van der Waals surface area contributed by atoms with Crippen molar-refractivity contribution in [3.05, 3.63) is 54.4 Å². The Morgan fingerprint density at radius 2 is 1.84 bits per heavy atom. The highest BCUT2D eigenvalue weighted by molar-refractivity contribution is 7.88. The molecule has 0 spiro atoms. The van der Waals surface area contributed by atoms with Crippen LogP contribution in [0.1, 0.15) is 29.6 Å². The largest absolute Gasteiger partial charge is 0.489 e. The van der Waals surface area contributed by atoms with Crippen LogP contribution in [0.25, 0.3) is 16.7 Å². The Morgan fingerprint density at radius 1 is 1.06 bits per heavy atom. The molecule has 0 saturated carbocycles. The van der Waals surface area contributed by atoms with Gasteiger partial charge < -0.3 is 14.2 Å². The van der Waals surface area contributed by atoms with Gasteiger partial charge in [-0.1, -0.05) is 0 Å². The van der Waals surface area contributed by atoms with Gasteiger partial charge in [-0.3, -0.25) is 4.79 Å². The molecule has 0 N–H and O–H groups in total. The van der Waals surface area contributed by atoms with Crippen LogP contribution in [0.4, 0.5) is 0 Å². The highest BCUT2D eigenvalue weighted by Crippen LogP contribution is 2.25. The highest BCUT2D eigenvalue weighted by Gasteiger charge is 2.26. The third-order valence-corrected chi connectivity index (χ3v) is 7.52. The third-order valence-electron chi connectivity index (χ3n) is 6.22. The van der Waals surface area contributed by atoms with Crippen LogP contribution < -0.4 is 4.74 Å². The van der Waals surface area contributed by atoms with E-state index in [0.717, 1.165) is 36.2 Å². The topological polar surface area (TPSA) is 84.7 Å². The maximum atomic E-state index is 12.5. The van der Waals surface area contributed by atoms with E-state index in [4.69, 9.17) is 4.74 Å². The molecule has 1 aromatic carbocycles. The number of pyridine rings is 1. The maximum Gasteiger partial charge on any atom is 0.253 e. The molecule has 8 nitrogen and oxygen atoms in total. The van der Waals surface area contributed by atoms with Crippen LogP contribution in [0.2, 0.25) is 0 Å². The molecule has 0 atom stereocenters. The Hall–Kier alpha value is -2.91. The molecule has 0 aliphatic carbocycles. The predicted octanol–water partition coefficient (Wildman–Crippen LogP) is 2.67. The average molecular weight is 455 g/mol. The van der Waals surface area contributed by atoms with E-state index in [1.807, 2.05) is 52.1 Å². The second-order valence-corrected chi connectivity index (χ2v) is 10.4. The van der Waals surface area contributed by atoms with Gasteiger partial charge in [0.2, 0.25) is 10.0 Å². The number of likely N-dealkylation sites (tertiary alicyclic amines) is 1. The van der Waals surface area contributed by atoms with E-state index < -0.39 is 10.0 Å². The van der Waals surface area contributed by atoms with Crippen LogP contribution in [-0.4, -0.2) is 71.6 Å². The van der Waals surface area contributed by atoms with Crippen LogP contribution in [0.3, 0.4) is 0 Å². The van der Waals surface area contributed by atoms with Gasteiger partial charge in [-0.25, -0.2) is 17.7 Å². The van der Waals surface area contributed by atoms with Crippen LogP contribution in [0.5, 0.6) is 5.75 Å². The van der Waals surface area contributed by atoms with Gasteiger partial charge in [-0.05, 0) is 55.7 Å². The molecule has 32 heavy (non-hydrogen) atoms. The average Bonchev–Trinajstić information content (AvgIpc) is 3.16. The first kappa shape index (κ1) is 21.0. The number of benzene rings is 1. The molecule has 0 radical (unpaired) electrons. The van der Waals surface area contributed by atoms with Gasteiger partial charge in [0, 0.05) is 43.3 Å². The highest BCUT2D eigenvalue weighted by atomic mass is 32.2. The molecule has 3 aromatic rings. The van der Waals surface area contributed by atoms with Crippen molar-refractivity contribution in [3.63, 3.8) is 0 Å². The number of nitrogens with zero attached hydrogens (tertiary/aromatic N) is 4. The fourth-order valence-electron chi connectivity index (χ4n) is 4.24. The lowest BCUT2D eigenvalue weighted by molar-refractivity contribution is 0.0652. The normalized spacial score (nSPS) is 18.0. The predicted molar refractivity (Wildman–Crippen MR) is 122 cm³/mol. The SMILES string of the molecule is CS(=O)(=O)N1CCC(Oc2ccc(-n3ccc4cc(C(=O)N5CCC5)ccc43)nc2)CC1. The molecule has 9 heteroatoms. The zero-order chi connectivity index (χ0) is 22.3. The number of hydrogen-bond acceptors (Lipinski definition) is 5. The smallest absolute Gasteiger partial charge is 0.253 e. The van der Waals surface area contributed by atoms with Crippen molar-refractivity contribution < 1.29 is 17.9 Å². The third kappa shape index (κ3) is 4.10. The van der Waals surface area contributed by atoms with Gasteiger partial charge in [0.1, 0.15) is 17.7 Å². The fraction of sp³-hybridized carbons (Fsp3) is 0.391. The summed E-state index contributed by atoms with van der Waals surface area (Å²) in [7, 11) is -3.14. The first-order valence-electron chi connectivity index (χ1n) is 10.9. The van der Waals surface area contributed by atoms with Crippen LogP contribution in [0, 0.1) is 0 Å². The van der Waals surface area contributed by atoms with Gasteiger partial charge in [0.05, 0.1) is 18.0 Å². The van der Waals surface area contributed by atoms with Crippen molar-refractivity contribution in [2.24, 2.45) is 0 Å². The van der Waals surface area contributed by atoms with E-state index >= 15 is 0 Å². The number of carbonyl (C=O) groups excluding carboxylic acids is 1. The molecule has 2 saturated heterocycles. The van der Waals surface area contributed by atoms with E-state index in [-0.39, 0.29) is 12.0 Å². The number of carbonyl (C=O) groups is 1. The van der Waals surface area contributed by atoms with Gasteiger partial charge in [-0.15, -0.1) is 0 Å². The molecule has 0 bridgehead atoms. The molecule has 5 rings (SSSR count). The minimum Gasteiger partial charge on any atom is -0.489 e. The van der Waals surface area contributed by atoms with Crippen molar-refractivity contribution in [1.29, 1.82) is 0 Å². The minimum atomic E-state index is -3.14. The van der Waals surface area contributed by atoms with E-state index in [1.165, 1.54) is 10.6 Å². The van der Waals surface area contributed by atoms with E-state index in [9.17, 15) is 13.2 Å². The van der Waals surface area contributed by atoms with Crippen molar-refractivity contribution in [2.45, 2.75) is 25.4 Å². The summed E-state index contributed by atoms with van der Waals surface area (Å²) in [6.45, 7) is 2.64. The van der Waals surface area contributed by atoms with Crippen molar-refractivity contribution in [2.75, 3.05) is 32.4 Å². The number of amides is 1. The lowest BCUT2D eigenvalue weighted by Crippen LogP contribution is -2.41. The molecule has 168 valence electrons. The monoisotopic (exact) mass is 454 g/mol. The van der Waals surface area contributed by atoms with Gasteiger partial charge in [0.25, 0.3) is 5.91 Å². The number of sulfonamides is 1. The lowest BCUT2D eigenvalue weighted by atomic mass is 10.1. The summed E-state index contributed by atoms with van der Waals surface area (Å²) in [4.78, 5) is 18.9. The van der Waals surface area contributed by atoms with Gasteiger partial charge in [0.15, 0.2) is 0 Å². The van der Waals surface area contributed by atoms with Gasteiger partial charge >= 0.3 is 0 Å². The molecular formula is C23H26N4O4S. The number of ether oxygens (including phenoxy) is 1. The van der Waals surface area contributed by atoms with Crippen LogP contribution >= 0.6 is 0 Å². The van der Waals surface area contributed by atoms with E-state index in [2.05, 4.69) is 4.98 Å². The summed E-state index contributed by atoms with van der Waals surface area (Å²) in [6, 6.07) is 11.6. The first-order valence-corrected chi connectivity index (χ1v) is 12.7. The van der Waals surface area contributed by atoms with Crippen molar-refractivity contribution in [3.8, 4) is 11.6 Å². The maximum absolute atomic E-state index is 12.5. The Morgan fingerprint density at radius 3 is 2.47 bits per heavy atom. The van der Waals surface area contributed by atoms with E-state index in [0.29, 0.717) is 37.2 Å². The summed E-state index contributed by atoms with van der Waals surface area (Å²) in [5.41, 5.74) is 1.70. The van der Waals surface area contributed by atoms with Gasteiger partial charge in [-0.2, -0.15) is 0 Å². The number of fused-ring (bicyclic) bond motifs is 1. The van der Waals surface area contributed by atoms with Crippen LogP contribution in [-0.2, 0) is 10.0 Å². The quantitative estimate of drug-likeness (QED) is 0.592. The van der Waals surface area contributed by atoms with E-state index in [1.54, 1.807) is 6.20 Å². The zero-order valence-corrected chi connectivity index (χ0v) is 18.8. The zero-order valence-electron chi connectivity index (χ0n) is 18.0. The fourth-order valence-corrected chi connectivity index (χ4v) is 5.11. The van der Waals surface area contributed by atoms with Crippen molar-refractivity contribution in [1.82, 2.24) is 18.8 Å². The summed E-state index contributed by atoms with van der Waals surface area (Å²) in [6.07, 6.45) is 7.28. The first-order chi connectivity index (χ1) is 15.4. The second-order valence-electron chi connectivity index (χ2n) is 8.44. The van der Waals surface area contributed by atoms with Crippen LogP contribution in [0.15, 0.2) is 48.8 Å². The second kappa shape index (κ2) is 8.22. The molecule has 1 amide bonds. The van der Waals surface area contributed by atoms with Crippen molar-refractivity contribution >= 4 is 26.8 Å². The Balaban J connectivity index is 1.27. The Labute approximate surface area is 187 Å². The minimum absolute atomic E-state index is 0.0181. The number of hydrogen-bond donors (Lipinski definition) is 0. The molecule has 2 aliphatic heterocycles. The molecule has 4 heterocycles.